The van der Waals surface area contributed by atoms with Gasteiger partial charge in [0.15, 0.2) is 5.69 Å². The SMILES string of the molecule is N#Cc1cncc(OCC23CC(C(=O)N4CC(F)CC4c4cccc(F)c4)(C2)C3)n1. The Morgan fingerprint density at radius 2 is 2.13 bits per heavy atom. The fourth-order valence-electron chi connectivity index (χ4n) is 5.42. The van der Waals surface area contributed by atoms with E-state index < -0.39 is 17.6 Å². The minimum atomic E-state index is -1.10. The molecule has 1 aliphatic heterocycles. The van der Waals surface area contributed by atoms with Gasteiger partial charge in [0.2, 0.25) is 11.8 Å². The molecular weight excluding hydrogens is 390 g/mol. The lowest BCUT2D eigenvalue weighted by atomic mass is 9.35. The molecule has 1 amide bonds. The van der Waals surface area contributed by atoms with Crippen molar-refractivity contribution in [3.63, 3.8) is 0 Å². The van der Waals surface area contributed by atoms with Crippen LogP contribution in [0.1, 0.15) is 43.0 Å². The number of rotatable bonds is 5. The van der Waals surface area contributed by atoms with E-state index in [0.717, 1.165) is 0 Å². The van der Waals surface area contributed by atoms with Gasteiger partial charge in [-0.1, -0.05) is 12.1 Å². The van der Waals surface area contributed by atoms with E-state index in [1.807, 2.05) is 6.07 Å². The molecule has 3 saturated carbocycles. The average Bonchev–Trinajstić information content (AvgIpc) is 3.08. The monoisotopic (exact) mass is 410 g/mol. The molecule has 6 rings (SSSR count). The highest BCUT2D eigenvalue weighted by Gasteiger charge is 2.72. The summed E-state index contributed by atoms with van der Waals surface area (Å²) in [6, 6.07) is 7.57. The van der Waals surface area contributed by atoms with Crippen molar-refractivity contribution in [3.05, 3.63) is 53.7 Å². The summed E-state index contributed by atoms with van der Waals surface area (Å²) in [6.07, 6.45) is 3.99. The summed E-state index contributed by atoms with van der Waals surface area (Å²) in [5.41, 5.74) is 0.293. The van der Waals surface area contributed by atoms with Gasteiger partial charge in [0.25, 0.3) is 0 Å². The minimum absolute atomic E-state index is 0.0370. The Kier molecular flexibility index (Phi) is 4.24. The molecule has 30 heavy (non-hydrogen) atoms. The van der Waals surface area contributed by atoms with Crippen molar-refractivity contribution in [2.75, 3.05) is 13.2 Å². The summed E-state index contributed by atoms with van der Waals surface area (Å²) < 4.78 is 33.6. The van der Waals surface area contributed by atoms with E-state index in [1.165, 1.54) is 24.5 Å². The van der Waals surface area contributed by atoms with Crippen LogP contribution < -0.4 is 4.74 Å². The van der Waals surface area contributed by atoms with Crippen molar-refractivity contribution in [2.45, 2.75) is 37.9 Å². The molecule has 154 valence electrons. The van der Waals surface area contributed by atoms with E-state index in [1.54, 1.807) is 17.0 Å². The molecular formula is C22H20F2N4O2. The van der Waals surface area contributed by atoms with E-state index in [0.29, 0.717) is 37.3 Å². The number of likely N-dealkylation sites (tertiary alicyclic amines) is 1. The Morgan fingerprint density at radius 1 is 1.33 bits per heavy atom. The van der Waals surface area contributed by atoms with Crippen LogP contribution >= 0.6 is 0 Å². The minimum Gasteiger partial charge on any atom is -0.476 e. The van der Waals surface area contributed by atoms with Crippen molar-refractivity contribution in [3.8, 4) is 11.9 Å². The number of carbonyl (C=O) groups is 1. The average molecular weight is 410 g/mol. The maximum atomic E-state index is 14.2. The highest BCUT2D eigenvalue weighted by molar-refractivity contribution is 5.87. The molecule has 3 aliphatic carbocycles. The molecule has 2 bridgehead atoms. The van der Waals surface area contributed by atoms with Gasteiger partial charge >= 0.3 is 0 Å². The summed E-state index contributed by atoms with van der Waals surface area (Å²) in [5, 5.41) is 8.89. The van der Waals surface area contributed by atoms with Crippen LogP contribution in [-0.2, 0) is 4.79 Å². The maximum absolute atomic E-state index is 14.2. The van der Waals surface area contributed by atoms with Crippen LogP contribution in [0.25, 0.3) is 0 Å². The van der Waals surface area contributed by atoms with Crippen molar-refractivity contribution in [1.82, 2.24) is 14.9 Å². The number of aromatic nitrogens is 2. The third kappa shape index (κ3) is 3.00. The molecule has 2 aromatic rings. The van der Waals surface area contributed by atoms with Crippen LogP contribution in [0.3, 0.4) is 0 Å². The first-order chi connectivity index (χ1) is 14.4. The Balaban J connectivity index is 1.23. The third-order valence-corrected chi connectivity index (χ3v) is 6.59. The van der Waals surface area contributed by atoms with Gasteiger partial charge in [-0.3, -0.25) is 9.78 Å². The Labute approximate surface area is 172 Å². The van der Waals surface area contributed by atoms with Crippen molar-refractivity contribution < 1.29 is 18.3 Å². The van der Waals surface area contributed by atoms with Gasteiger partial charge < -0.3 is 9.64 Å². The van der Waals surface area contributed by atoms with Gasteiger partial charge in [-0.2, -0.15) is 10.2 Å². The molecule has 2 atom stereocenters. The first-order valence-corrected chi connectivity index (χ1v) is 9.98. The summed E-state index contributed by atoms with van der Waals surface area (Å²) in [4.78, 5) is 22.8. The second-order valence-corrected chi connectivity index (χ2v) is 8.81. The maximum Gasteiger partial charge on any atom is 0.233 e. The Morgan fingerprint density at radius 3 is 2.87 bits per heavy atom. The van der Waals surface area contributed by atoms with E-state index in [-0.39, 0.29) is 35.8 Å². The van der Waals surface area contributed by atoms with Crippen LogP contribution in [0.15, 0.2) is 36.7 Å². The quantitative estimate of drug-likeness (QED) is 0.755. The number of amides is 1. The predicted molar refractivity (Wildman–Crippen MR) is 101 cm³/mol. The highest BCUT2D eigenvalue weighted by atomic mass is 19.1. The lowest BCUT2D eigenvalue weighted by molar-refractivity contribution is -0.226. The second kappa shape index (κ2) is 6.73. The first kappa shape index (κ1) is 18.9. The normalized spacial score (nSPS) is 31.4. The number of benzene rings is 1. The molecule has 0 spiro atoms. The van der Waals surface area contributed by atoms with Crippen LogP contribution in [0.4, 0.5) is 8.78 Å². The molecule has 6 nitrogen and oxygen atoms in total. The van der Waals surface area contributed by atoms with E-state index in [4.69, 9.17) is 10.00 Å². The molecule has 1 aromatic heterocycles. The number of nitriles is 1. The smallest absolute Gasteiger partial charge is 0.233 e. The van der Waals surface area contributed by atoms with Crippen LogP contribution in [0, 0.1) is 28.0 Å². The number of hydrogen-bond acceptors (Lipinski definition) is 5. The number of nitrogens with zero attached hydrogens (tertiary/aromatic N) is 4. The second-order valence-electron chi connectivity index (χ2n) is 8.81. The van der Waals surface area contributed by atoms with Gasteiger partial charge in [0.05, 0.1) is 37.0 Å². The molecule has 4 aliphatic rings. The van der Waals surface area contributed by atoms with Crippen molar-refractivity contribution >= 4 is 5.91 Å². The molecule has 8 heteroatoms. The van der Waals surface area contributed by atoms with E-state index in [9.17, 15) is 13.6 Å². The van der Waals surface area contributed by atoms with Gasteiger partial charge in [-0.25, -0.2) is 8.78 Å². The van der Waals surface area contributed by atoms with Crippen LogP contribution in [0.2, 0.25) is 0 Å². The fraction of sp³-hybridized carbons (Fsp3) is 0.455. The zero-order valence-corrected chi connectivity index (χ0v) is 16.2. The van der Waals surface area contributed by atoms with Crippen molar-refractivity contribution in [2.24, 2.45) is 10.8 Å². The number of ether oxygens (including phenoxy) is 1. The number of hydrogen-bond donors (Lipinski definition) is 0. The van der Waals surface area contributed by atoms with Gasteiger partial charge in [-0.05, 0) is 37.0 Å². The largest absolute Gasteiger partial charge is 0.476 e. The van der Waals surface area contributed by atoms with Gasteiger partial charge in [0.1, 0.15) is 18.1 Å². The van der Waals surface area contributed by atoms with Crippen LogP contribution in [-0.4, -0.2) is 40.1 Å². The Bertz CT molecular complexity index is 1030. The zero-order chi connectivity index (χ0) is 20.9. The predicted octanol–water partition coefficient (Wildman–Crippen LogP) is 3.35. The Hall–Kier alpha value is -3.08. The molecule has 0 radical (unpaired) electrons. The summed E-state index contributed by atoms with van der Waals surface area (Å²) in [6.45, 7) is 0.465. The standard InChI is InChI=1S/C22H20F2N4O2/c23-15-3-1-2-14(4-15)18-5-16(24)9-28(18)20(29)22-10-21(11-22,12-22)13-30-19-8-26-7-17(6-25)27-19/h1-4,7-8,16,18H,5,9-13H2. The van der Waals surface area contributed by atoms with E-state index >= 15 is 0 Å². The summed E-state index contributed by atoms with van der Waals surface area (Å²) in [5.74, 6) is -0.123. The molecule has 1 saturated heterocycles. The first-order valence-electron chi connectivity index (χ1n) is 9.98. The molecule has 1 aromatic carbocycles. The zero-order valence-electron chi connectivity index (χ0n) is 16.2. The number of halogens is 2. The fourth-order valence-corrected chi connectivity index (χ4v) is 5.42. The summed E-state index contributed by atoms with van der Waals surface area (Å²) in [7, 11) is 0. The molecule has 4 fully saturated rings. The third-order valence-electron chi connectivity index (χ3n) is 6.59. The van der Waals surface area contributed by atoms with Crippen molar-refractivity contribution in [1.29, 1.82) is 5.26 Å². The summed E-state index contributed by atoms with van der Waals surface area (Å²) >= 11 is 0. The molecule has 2 heterocycles. The van der Waals surface area contributed by atoms with Crippen LogP contribution in [0.5, 0.6) is 5.88 Å². The highest BCUT2D eigenvalue weighted by Crippen LogP contribution is 2.74. The lowest BCUT2D eigenvalue weighted by Gasteiger charge is -2.69. The van der Waals surface area contributed by atoms with Gasteiger partial charge in [-0.15, -0.1) is 0 Å². The van der Waals surface area contributed by atoms with E-state index in [2.05, 4.69) is 9.97 Å². The molecule has 0 N–H and O–H groups in total. The van der Waals surface area contributed by atoms with Gasteiger partial charge in [0, 0.05) is 11.8 Å². The topological polar surface area (TPSA) is 79.1 Å². The number of carbonyl (C=O) groups excluding carboxylic acids is 1. The molecule has 2 unspecified atom stereocenters. The lowest BCUT2D eigenvalue weighted by Crippen LogP contribution is -2.69. The number of alkyl halides is 1.